The van der Waals surface area contributed by atoms with Gasteiger partial charge in [0, 0.05) is 12.6 Å². The van der Waals surface area contributed by atoms with Crippen LogP contribution in [0, 0.1) is 5.92 Å². The summed E-state index contributed by atoms with van der Waals surface area (Å²) in [5.74, 6) is 1.04. The van der Waals surface area contributed by atoms with Crippen molar-refractivity contribution in [1.82, 2.24) is 10.6 Å². The van der Waals surface area contributed by atoms with Crippen LogP contribution in [0.5, 0.6) is 0 Å². The van der Waals surface area contributed by atoms with Gasteiger partial charge in [-0.3, -0.25) is 4.79 Å². The fraction of sp³-hybridized carbons (Fsp3) is 0.923. The molecule has 3 atom stereocenters. The van der Waals surface area contributed by atoms with Gasteiger partial charge in [0.1, 0.15) is 0 Å². The molecule has 0 aromatic carbocycles. The highest BCUT2D eigenvalue weighted by Crippen LogP contribution is 2.24. The molecule has 0 unspecified atom stereocenters. The average molecular weight is 224 g/mol. The molecule has 0 bridgehead atoms. The predicted octanol–water partition coefficient (Wildman–Crippen LogP) is 1.82. The van der Waals surface area contributed by atoms with Crippen LogP contribution in [-0.4, -0.2) is 24.5 Å². The smallest absolute Gasteiger partial charge is 0.237 e. The summed E-state index contributed by atoms with van der Waals surface area (Å²) in [5, 5.41) is 6.56. The molecule has 1 heterocycles. The first-order valence-corrected chi connectivity index (χ1v) is 6.79. The Labute approximate surface area is 98.4 Å². The molecule has 1 saturated heterocycles. The van der Waals surface area contributed by atoms with Crippen LogP contribution >= 0.6 is 0 Å². The second kappa shape index (κ2) is 5.67. The van der Waals surface area contributed by atoms with Crippen molar-refractivity contribution in [2.75, 3.05) is 6.54 Å². The van der Waals surface area contributed by atoms with E-state index in [-0.39, 0.29) is 11.9 Å². The van der Waals surface area contributed by atoms with E-state index < -0.39 is 0 Å². The zero-order valence-corrected chi connectivity index (χ0v) is 10.3. The summed E-state index contributed by atoms with van der Waals surface area (Å²) in [6, 6.07) is 0.635. The summed E-state index contributed by atoms with van der Waals surface area (Å²) in [5.41, 5.74) is 0. The number of carbonyl (C=O) groups excluding carboxylic acids is 1. The van der Waals surface area contributed by atoms with Crippen LogP contribution in [0.1, 0.15) is 51.9 Å². The molecule has 3 nitrogen and oxygen atoms in total. The Kier molecular flexibility index (Phi) is 4.22. The number of hydrogen-bond donors (Lipinski definition) is 2. The summed E-state index contributed by atoms with van der Waals surface area (Å²) in [4.78, 5) is 11.8. The Morgan fingerprint density at radius 2 is 2.06 bits per heavy atom. The fourth-order valence-corrected chi connectivity index (χ4v) is 2.97. The highest BCUT2D eigenvalue weighted by Gasteiger charge is 2.26. The molecule has 0 spiro atoms. The lowest BCUT2D eigenvalue weighted by Crippen LogP contribution is -2.48. The zero-order chi connectivity index (χ0) is 11.4. The van der Waals surface area contributed by atoms with E-state index in [4.69, 9.17) is 0 Å². The van der Waals surface area contributed by atoms with Crippen molar-refractivity contribution in [3.8, 4) is 0 Å². The van der Waals surface area contributed by atoms with Gasteiger partial charge in [0.2, 0.25) is 5.91 Å². The molecule has 1 saturated carbocycles. The quantitative estimate of drug-likeness (QED) is 0.751. The van der Waals surface area contributed by atoms with Crippen LogP contribution in [0.15, 0.2) is 0 Å². The van der Waals surface area contributed by atoms with Gasteiger partial charge in [0.25, 0.3) is 0 Å². The number of hydrogen-bond acceptors (Lipinski definition) is 2. The molecular weight excluding hydrogens is 200 g/mol. The van der Waals surface area contributed by atoms with Crippen LogP contribution < -0.4 is 10.6 Å². The number of carbonyl (C=O) groups is 1. The van der Waals surface area contributed by atoms with Gasteiger partial charge in [-0.1, -0.05) is 19.8 Å². The van der Waals surface area contributed by atoms with Crippen LogP contribution in [0.2, 0.25) is 0 Å². The Bertz CT molecular complexity index is 242. The maximum atomic E-state index is 11.8. The first-order chi connectivity index (χ1) is 7.75. The van der Waals surface area contributed by atoms with E-state index in [0.717, 1.165) is 25.3 Å². The lowest BCUT2D eigenvalue weighted by molar-refractivity contribution is -0.123. The van der Waals surface area contributed by atoms with E-state index in [2.05, 4.69) is 17.6 Å². The molecule has 2 aliphatic rings. The maximum Gasteiger partial charge on any atom is 0.237 e. The standard InChI is InChI=1S/C13H24N2O/c1-10-5-4-6-11(9-10)15-12-7-2-3-8-14-13(12)16/h10-12,15H,2-9H2,1H3,(H,14,16)/t10-,11-,12+/m1/s1. The van der Waals surface area contributed by atoms with E-state index in [1.807, 2.05) is 0 Å². The fourth-order valence-electron chi connectivity index (χ4n) is 2.97. The largest absolute Gasteiger partial charge is 0.355 e. The third kappa shape index (κ3) is 3.21. The highest BCUT2D eigenvalue weighted by molar-refractivity contribution is 5.81. The monoisotopic (exact) mass is 224 g/mol. The SMILES string of the molecule is C[C@@H]1CCC[C@@H](N[C@H]2CCCCNC2=O)C1. The minimum absolute atomic E-state index is 0.0674. The van der Waals surface area contributed by atoms with Gasteiger partial charge in [0.15, 0.2) is 0 Å². The minimum atomic E-state index is 0.0674. The lowest BCUT2D eigenvalue weighted by Gasteiger charge is -2.30. The van der Waals surface area contributed by atoms with Gasteiger partial charge >= 0.3 is 0 Å². The van der Waals surface area contributed by atoms with Crippen LogP contribution in [0.4, 0.5) is 0 Å². The van der Waals surface area contributed by atoms with Gasteiger partial charge in [-0.15, -0.1) is 0 Å². The third-order valence-electron chi connectivity index (χ3n) is 3.91. The number of rotatable bonds is 2. The topological polar surface area (TPSA) is 41.1 Å². The van der Waals surface area contributed by atoms with E-state index in [1.165, 1.54) is 32.1 Å². The molecule has 3 heteroatoms. The molecular formula is C13H24N2O. The summed E-state index contributed by atoms with van der Waals surface area (Å²) in [6.45, 7) is 3.18. The highest BCUT2D eigenvalue weighted by atomic mass is 16.2. The molecule has 16 heavy (non-hydrogen) atoms. The van der Waals surface area contributed by atoms with Gasteiger partial charge in [-0.05, 0) is 38.0 Å². The second-order valence-corrected chi connectivity index (χ2v) is 5.47. The number of nitrogens with one attached hydrogen (secondary N) is 2. The van der Waals surface area contributed by atoms with Crippen molar-refractivity contribution in [2.45, 2.75) is 64.0 Å². The van der Waals surface area contributed by atoms with Gasteiger partial charge < -0.3 is 10.6 Å². The Morgan fingerprint density at radius 3 is 2.88 bits per heavy atom. The Hall–Kier alpha value is -0.570. The maximum absolute atomic E-state index is 11.8. The first-order valence-electron chi connectivity index (χ1n) is 6.79. The van der Waals surface area contributed by atoms with E-state index >= 15 is 0 Å². The summed E-state index contributed by atoms with van der Waals surface area (Å²) in [7, 11) is 0. The molecule has 1 amide bonds. The number of amides is 1. The van der Waals surface area contributed by atoms with Crippen molar-refractivity contribution in [3.05, 3.63) is 0 Å². The van der Waals surface area contributed by atoms with E-state index in [1.54, 1.807) is 0 Å². The Balaban J connectivity index is 1.84. The normalized spacial score (nSPS) is 36.6. The van der Waals surface area contributed by atoms with Gasteiger partial charge in [-0.2, -0.15) is 0 Å². The molecule has 0 aromatic rings. The van der Waals surface area contributed by atoms with Gasteiger partial charge in [-0.25, -0.2) is 0 Å². The van der Waals surface area contributed by atoms with E-state index in [9.17, 15) is 4.79 Å². The molecule has 0 radical (unpaired) electrons. The van der Waals surface area contributed by atoms with Crippen LogP contribution in [-0.2, 0) is 4.79 Å². The van der Waals surface area contributed by atoms with Crippen molar-refractivity contribution < 1.29 is 4.79 Å². The van der Waals surface area contributed by atoms with Gasteiger partial charge in [0.05, 0.1) is 6.04 Å². The zero-order valence-electron chi connectivity index (χ0n) is 10.3. The summed E-state index contributed by atoms with van der Waals surface area (Å²) in [6.07, 6.45) is 8.46. The van der Waals surface area contributed by atoms with Crippen LogP contribution in [0.3, 0.4) is 0 Å². The molecule has 92 valence electrons. The molecule has 0 aromatic heterocycles. The van der Waals surface area contributed by atoms with Crippen molar-refractivity contribution in [2.24, 2.45) is 5.92 Å². The summed E-state index contributed by atoms with van der Waals surface area (Å²) < 4.78 is 0. The van der Waals surface area contributed by atoms with Crippen molar-refractivity contribution in [3.63, 3.8) is 0 Å². The van der Waals surface area contributed by atoms with Crippen molar-refractivity contribution >= 4 is 5.91 Å². The molecule has 1 aliphatic carbocycles. The molecule has 1 aliphatic heterocycles. The van der Waals surface area contributed by atoms with Crippen molar-refractivity contribution in [1.29, 1.82) is 0 Å². The van der Waals surface area contributed by atoms with E-state index in [0.29, 0.717) is 6.04 Å². The Morgan fingerprint density at radius 1 is 1.19 bits per heavy atom. The predicted molar refractivity (Wildman–Crippen MR) is 65.2 cm³/mol. The second-order valence-electron chi connectivity index (χ2n) is 5.47. The first kappa shape index (κ1) is 11.9. The van der Waals surface area contributed by atoms with Crippen LogP contribution in [0.25, 0.3) is 0 Å². The third-order valence-corrected chi connectivity index (χ3v) is 3.91. The average Bonchev–Trinajstić information content (AvgIpc) is 2.45. The lowest BCUT2D eigenvalue weighted by atomic mass is 9.86. The minimum Gasteiger partial charge on any atom is -0.355 e. The molecule has 2 fully saturated rings. The molecule has 2 N–H and O–H groups in total. The molecule has 2 rings (SSSR count). The summed E-state index contributed by atoms with van der Waals surface area (Å²) >= 11 is 0.